The standard InChI is InChI=1S/C24H33NO4/c1-27-17-21-15-20(9-10-23(21)28-2)16-25-13-6-11-24(18-25,19-26)12-14-29-22-7-4-3-5-8-22/h3-5,7-10,15,26H,6,11-14,16-19H2,1-2H3. The maximum absolute atomic E-state index is 10.2. The molecule has 1 atom stereocenters. The Morgan fingerprint density at radius 2 is 1.93 bits per heavy atom. The lowest BCUT2D eigenvalue weighted by Crippen LogP contribution is -2.45. The lowest BCUT2D eigenvalue weighted by molar-refractivity contribution is 0.0128. The smallest absolute Gasteiger partial charge is 0.124 e. The van der Waals surface area contributed by atoms with Crippen molar-refractivity contribution >= 4 is 0 Å². The van der Waals surface area contributed by atoms with Gasteiger partial charge in [0.25, 0.3) is 0 Å². The molecule has 29 heavy (non-hydrogen) atoms. The van der Waals surface area contributed by atoms with Gasteiger partial charge in [-0.15, -0.1) is 0 Å². The zero-order valence-electron chi connectivity index (χ0n) is 17.6. The van der Waals surface area contributed by atoms with Gasteiger partial charge >= 0.3 is 0 Å². The van der Waals surface area contributed by atoms with Gasteiger partial charge in [0.05, 0.1) is 26.9 Å². The number of hydrogen-bond donors (Lipinski definition) is 1. The zero-order valence-corrected chi connectivity index (χ0v) is 17.6. The highest BCUT2D eigenvalue weighted by molar-refractivity contribution is 5.37. The molecule has 0 aliphatic carbocycles. The van der Waals surface area contributed by atoms with E-state index in [1.165, 1.54) is 5.56 Å². The number of para-hydroxylation sites is 1. The molecule has 5 nitrogen and oxygen atoms in total. The number of ether oxygens (including phenoxy) is 3. The van der Waals surface area contributed by atoms with Gasteiger partial charge in [0.1, 0.15) is 11.5 Å². The zero-order chi connectivity index (χ0) is 20.5. The molecule has 1 aliphatic rings. The summed E-state index contributed by atoms with van der Waals surface area (Å²) in [4.78, 5) is 2.45. The van der Waals surface area contributed by atoms with Crippen molar-refractivity contribution in [1.29, 1.82) is 0 Å². The van der Waals surface area contributed by atoms with Crippen LogP contribution in [0.3, 0.4) is 0 Å². The van der Waals surface area contributed by atoms with Gasteiger partial charge in [0.15, 0.2) is 0 Å². The van der Waals surface area contributed by atoms with Crippen LogP contribution in [0.5, 0.6) is 11.5 Å². The van der Waals surface area contributed by atoms with Crippen LogP contribution >= 0.6 is 0 Å². The van der Waals surface area contributed by atoms with E-state index in [9.17, 15) is 5.11 Å². The highest BCUT2D eigenvalue weighted by atomic mass is 16.5. The second-order valence-corrected chi connectivity index (χ2v) is 7.96. The van der Waals surface area contributed by atoms with E-state index in [4.69, 9.17) is 14.2 Å². The van der Waals surface area contributed by atoms with Gasteiger partial charge in [0, 0.05) is 31.2 Å². The predicted molar refractivity (Wildman–Crippen MR) is 114 cm³/mol. The van der Waals surface area contributed by atoms with E-state index in [0.29, 0.717) is 13.2 Å². The summed E-state index contributed by atoms with van der Waals surface area (Å²) in [6, 6.07) is 16.2. The van der Waals surface area contributed by atoms with E-state index in [2.05, 4.69) is 17.0 Å². The van der Waals surface area contributed by atoms with Crippen LogP contribution in [-0.4, -0.2) is 50.5 Å². The highest BCUT2D eigenvalue weighted by Gasteiger charge is 2.35. The minimum atomic E-state index is -0.102. The molecule has 1 saturated heterocycles. The first kappa shape index (κ1) is 21.6. The predicted octanol–water partition coefficient (Wildman–Crippen LogP) is 3.89. The Hall–Kier alpha value is -2.08. The maximum Gasteiger partial charge on any atom is 0.124 e. The number of methoxy groups -OCH3 is 2. The SMILES string of the molecule is COCc1cc(CN2CCCC(CO)(CCOc3ccccc3)C2)ccc1OC. The Balaban J connectivity index is 1.60. The summed E-state index contributed by atoms with van der Waals surface area (Å²) >= 11 is 0. The van der Waals surface area contributed by atoms with Crippen LogP contribution in [0.2, 0.25) is 0 Å². The molecule has 1 aliphatic heterocycles. The van der Waals surface area contributed by atoms with E-state index in [0.717, 1.165) is 56.0 Å². The molecule has 158 valence electrons. The molecular weight excluding hydrogens is 366 g/mol. The molecular formula is C24H33NO4. The minimum Gasteiger partial charge on any atom is -0.496 e. The van der Waals surface area contributed by atoms with Gasteiger partial charge in [-0.1, -0.05) is 24.3 Å². The van der Waals surface area contributed by atoms with Gasteiger partial charge < -0.3 is 19.3 Å². The lowest BCUT2D eigenvalue weighted by atomic mass is 9.78. The Morgan fingerprint density at radius 1 is 1.10 bits per heavy atom. The molecule has 1 heterocycles. The third-order valence-electron chi connectivity index (χ3n) is 5.77. The van der Waals surface area contributed by atoms with Crippen molar-refractivity contribution in [3.63, 3.8) is 0 Å². The van der Waals surface area contributed by atoms with E-state index in [1.807, 2.05) is 36.4 Å². The average Bonchev–Trinajstić information content (AvgIpc) is 2.75. The van der Waals surface area contributed by atoms with Crippen LogP contribution in [0.25, 0.3) is 0 Å². The molecule has 2 aromatic carbocycles. The quantitative estimate of drug-likeness (QED) is 0.657. The van der Waals surface area contributed by atoms with Gasteiger partial charge in [-0.25, -0.2) is 0 Å². The van der Waals surface area contributed by atoms with E-state index in [-0.39, 0.29) is 12.0 Å². The molecule has 0 bridgehead atoms. The average molecular weight is 400 g/mol. The van der Waals surface area contributed by atoms with Crippen LogP contribution in [0, 0.1) is 5.41 Å². The molecule has 0 spiro atoms. The number of likely N-dealkylation sites (tertiary alicyclic amines) is 1. The summed E-state index contributed by atoms with van der Waals surface area (Å²) in [5.41, 5.74) is 2.20. The molecule has 2 aromatic rings. The second-order valence-electron chi connectivity index (χ2n) is 7.96. The third-order valence-corrected chi connectivity index (χ3v) is 5.77. The largest absolute Gasteiger partial charge is 0.496 e. The topological polar surface area (TPSA) is 51.2 Å². The van der Waals surface area contributed by atoms with Crippen molar-refractivity contribution in [2.75, 3.05) is 40.5 Å². The number of benzene rings is 2. The Morgan fingerprint density at radius 3 is 2.66 bits per heavy atom. The Bertz CT molecular complexity index is 752. The summed E-state index contributed by atoms with van der Waals surface area (Å²) in [6.45, 7) is 4.15. The third kappa shape index (κ3) is 5.95. The fourth-order valence-corrected chi connectivity index (χ4v) is 4.22. The van der Waals surface area contributed by atoms with Crippen LogP contribution in [0.15, 0.2) is 48.5 Å². The fourth-order valence-electron chi connectivity index (χ4n) is 4.22. The summed E-state index contributed by atoms with van der Waals surface area (Å²) in [6.07, 6.45) is 2.98. The molecule has 1 unspecified atom stereocenters. The van der Waals surface area contributed by atoms with Gasteiger partial charge in [-0.05, 0) is 55.6 Å². The van der Waals surface area contributed by atoms with Gasteiger partial charge in [-0.2, -0.15) is 0 Å². The van der Waals surface area contributed by atoms with E-state index < -0.39 is 0 Å². The van der Waals surface area contributed by atoms with Crippen molar-refractivity contribution < 1.29 is 19.3 Å². The van der Waals surface area contributed by atoms with Gasteiger partial charge in [0.2, 0.25) is 0 Å². The summed E-state index contributed by atoms with van der Waals surface area (Å²) in [5.74, 6) is 1.74. The molecule has 1 N–H and O–H groups in total. The number of piperidine rings is 1. The molecule has 0 aromatic heterocycles. The monoisotopic (exact) mass is 399 g/mol. The van der Waals surface area contributed by atoms with Crippen molar-refractivity contribution in [1.82, 2.24) is 4.90 Å². The summed E-state index contributed by atoms with van der Waals surface area (Å²) in [5, 5.41) is 10.2. The Kier molecular flexibility index (Phi) is 7.92. The van der Waals surface area contributed by atoms with Crippen molar-refractivity contribution in [3.8, 4) is 11.5 Å². The first-order valence-corrected chi connectivity index (χ1v) is 10.3. The number of rotatable bonds is 10. The first-order valence-electron chi connectivity index (χ1n) is 10.3. The van der Waals surface area contributed by atoms with E-state index in [1.54, 1.807) is 14.2 Å². The van der Waals surface area contributed by atoms with Crippen molar-refractivity contribution in [2.45, 2.75) is 32.4 Å². The molecule has 0 amide bonds. The van der Waals surface area contributed by atoms with Gasteiger partial charge in [-0.3, -0.25) is 4.90 Å². The Labute approximate surface area is 174 Å². The molecule has 1 fully saturated rings. The van der Waals surface area contributed by atoms with Crippen LogP contribution in [0.1, 0.15) is 30.4 Å². The first-order chi connectivity index (χ1) is 14.2. The molecule has 3 rings (SSSR count). The van der Waals surface area contributed by atoms with Crippen LogP contribution < -0.4 is 9.47 Å². The molecule has 5 heteroatoms. The summed E-state index contributed by atoms with van der Waals surface area (Å²) < 4.78 is 16.6. The van der Waals surface area contributed by atoms with Crippen LogP contribution in [0.4, 0.5) is 0 Å². The highest BCUT2D eigenvalue weighted by Crippen LogP contribution is 2.34. The van der Waals surface area contributed by atoms with Crippen LogP contribution in [-0.2, 0) is 17.9 Å². The summed E-state index contributed by atoms with van der Waals surface area (Å²) in [7, 11) is 3.38. The van der Waals surface area contributed by atoms with Crippen molar-refractivity contribution in [3.05, 3.63) is 59.7 Å². The van der Waals surface area contributed by atoms with Crippen molar-refractivity contribution in [2.24, 2.45) is 5.41 Å². The molecule has 0 saturated carbocycles. The normalized spacial score (nSPS) is 19.8. The maximum atomic E-state index is 10.2. The minimum absolute atomic E-state index is 0.102. The molecule has 0 radical (unpaired) electrons. The second kappa shape index (κ2) is 10.6. The number of hydrogen-bond acceptors (Lipinski definition) is 5. The van der Waals surface area contributed by atoms with E-state index >= 15 is 0 Å². The fraction of sp³-hybridized carbons (Fsp3) is 0.500. The number of nitrogens with zero attached hydrogens (tertiary/aromatic N) is 1. The number of aliphatic hydroxyl groups excluding tert-OH is 1. The number of aliphatic hydroxyl groups is 1. The lowest BCUT2D eigenvalue weighted by Gasteiger charge is -2.42.